The SMILES string of the molecule is O=C(CCN1CCCCC1)Nc1ccccc1.[Cl-]. The molecular weight excluding hydrogens is 248 g/mol. The first kappa shape index (κ1) is 15.0. The fourth-order valence-electron chi connectivity index (χ4n) is 2.19. The van der Waals surface area contributed by atoms with Gasteiger partial charge in [-0.1, -0.05) is 24.6 Å². The number of hydrogen-bond acceptors (Lipinski definition) is 2. The van der Waals surface area contributed by atoms with Gasteiger partial charge in [0.15, 0.2) is 0 Å². The van der Waals surface area contributed by atoms with Gasteiger partial charge >= 0.3 is 0 Å². The van der Waals surface area contributed by atoms with Crippen LogP contribution in [0.2, 0.25) is 0 Å². The normalized spacial score (nSPS) is 15.8. The van der Waals surface area contributed by atoms with Gasteiger partial charge in [-0.05, 0) is 38.1 Å². The molecule has 2 rings (SSSR count). The first-order chi connectivity index (χ1) is 8.34. The van der Waals surface area contributed by atoms with Crippen molar-refractivity contribution in [2.24, 2.45) is 0 Å². The third-order valence-corrected chi connectivity index (χ3v) is 3.16. The zero-order valence-electron chi connectivity index (χ0n) is 10.6. The molecule has 0 saturated carbocycles. The number of para-hydroxylation sites is 1. The van der Waals surface area contributed by atoms with Crippen LogP contribution in [0.15, 0.2) is 30.3 Å². The van der Waals surface area contributed by atoms with E-state index in [4.69, 9.17) is 0 Å². The molecule has 4 heteroatoms. The molecule has 0 aromatic heterocycles. The lowest BCUT2D eigenvalue weighted by Gasteiger charge is -2.25. The number of carbonyl (C=O) groups excluding carboxylic acids is 1. The molecule has 1 aliphatic rings. The fraction of sp³-hybridized carbons (Fsp3) is 0.500. The van der Waals surface area contributed by atoms with Gasteiger partial charge in [-0.2, -0.15) is 0 Å². The zero-order chi connectivity index (χ0) is 11.9. The number of anilines is 1. The molecule has 1 aromatic carbocycles. The first-order valence-electron chi connectivity index (χ1n) is 6.42. The highest BCUT2D eigenvalue weighted by Crippen LogP contribution is 2.10. The Kier molecular flexibility index (Phi) is 6.76. The molecule has 1 heterocycles. The number of hydrogen-bond donors (Lipinski definition) is 1. The Labute approximate surface area is 115 Å². The second-order valence-electron chi connectivity index (χ2n) is 4.57. The van der Waals surface area contributed by atoms with Crippen LogP contribution in [0, 0.1) is 0 Å². The van der Waals surface area contributed by atoms with Gasteiger partial charge in [-0.15, -0.1) is 0 Å². The standard InChI is InChI=1S/C14H20N2O.ClH/c17-14(15-13-7-3-1-4-8-13)9-12-16-10-5-2-6-11-16;/h1,3-4,7-8H,2,5-6,9-12H2,(H,15,17);1H/p-1. The summed E-state index contributed by atoms with van der Waals surface area (Å²) in [5.41, 5.74) is 0.885. The minimum atomic E-state index is 0. The van der Waals surface area contributed by atoms with Crippen molar-refractivity contribution in [2.75, 3.05) is 25.0 Å². The number of benzene rings is 1. The van der Waals surface area contributed by atoms with Gasteiger partial charge in [-0.25, -0.2) is 0 Å². The summed E-state index contributed by atoms with van der Waals surface area (Å²) in [6, 6.07) is 9.64. The van der Waals surface area contributed by atoms with Crippen LogP contribution in [0.1, 0.15) is 25.7 Å². The van der Waals surface area contributed by atoms with E-state index in [-0.39, 0.29) is 18.3 Å². The van der Waals surface area contributed by atoms with Crippen molar-refractivity contribution in [3.8, 4) is 0 Å². The number of carbonyl (C=O) groups is 1. The number of amides is 1. The van der Waals surface area contributed by atoms with Crippen LogP contribution in [-0.4, -0.2) is 30.4 Å². The number of likely N-dealkylation sites (tertiary alicyclic amines) is 1. The molecule has 0 bridgehead atoms. The van der Waals surface area contributed by atoms with Crippen LogP contribution in [0.5, 0.6) is 0 Å². The number of piperidine rings is 1. The van der Waals surface area contributed by atoms with Crippen LogP contribution in [-0.2, 0) is 4.79 Å². The van der Waals surface area contributed by atoms with Crippen LogP contribution < -0.4 is 17.7 Å². The molecule has 3 nitrogen and oxygen atoms in total. The van der Waals surface area contributed by atoms with Gasteiger partial charge in [0.05, 0.1) is 0 Å². The summed E-state index contributed by atoms with van der Waals surface area (Å²) in [4.78, 5) is 14.1. The maximum absolute atomic E-state index is 11.7. The lowest BCUT2D eigenvalue weighted by atomic mass is 10.1. The molecular formula is C14H20ClN2O-. The lowest BCUT2D eigenvalue weighted by molar-refractivity contribution is -0.116. The Balaban J connectivity index is 0.00000162. The topological polar surface area (TPSA) is 32.3 Å². The number of halogens is 1. The second kappa shape index (κ2) is 8.11. The molecule has 0 atom stereocenters. The Morgan fingerprint density at radius 2 is 1.78 bits per heavy atom. The molecule has 1 N–H and O–H groups in total. The first-order valence-corrected chi connectivity index (χ1v) is 6.42. The van der Waals surface area contributed by atoms with Gasteiger partial charge < -0.3 is 22.6 Å². The van der Waals surface area contributed by atoms with Crippen molar-refractivity contribution in [1.82, 2.24) is 4.90 Å². The van der Waals surface area contributed by atoms with E-state index in [0.29, 0.717) is 6.42 Å². The van der Waals surface area contributed by atoms with Crippen molar-refractivity contribution >= 4 is 11.6 Å². The summed E-state index contributed by atoms with van der Waals surface area (Å²) in [5.74, 6) is 0.113. The fourth-order valence-corrected chi connectivity index (χ4v) is 2.19. The predicted octanol–water partition coefficient (Wildman–Crippen LogP) is -0.495. The molecule has 1 aliphatic heterocycles. The van der Waals surface area contributed by atoms with E-state index in [1.165, 1.54) is 19.3 Å². The van der Waals surface area contributed by atoms with E-state index in [1.807, 2.05) is 30.3 Å². The van der Waals surface area contributed by atoms with Crippen molar-refractivity contribution < 1.29 is 17.2 Å². The highest BCUT2D eigenvalue weighted by molar-refractivity contribution is 5.90. The van der Waals surface area contributed by atoms with Gasteiger partial charge in [0.2, 0.25) is 5.91 Å². The molecule has 0 aliphatic carbocycles. The van der Waals surface area contributed by atoms with E-state index in [2.05, 4.69) is 10.2 Å². The highest BCUT2D eigenvalue weighted by atomic mass is 35.5. The molecule has 1 saturated heterocycles. The quantitative estimate of drug-likeness (QED) is 0.798. The molecule has 1 amide bonds. The Morgan fingerprint density at radius 1 is 1.11 bits per heavy atom. The molecule has 1 aromatic rings. The molecule has 1 fully saturated rings. The monoisotopic (exact) mass is 267 g/mol. The summed E-state index contributed by atoms with van der Waals surface area (Å²) >= 11 is 0. The van der Waals surface area contributed by atoms with E-state index < -0.39 is 0 Å². The van der Waals surface area contributed by atoms with Gasteiger partial charge in [0, 0.05) is 18.7 Å². The third-order valence-electron chi connectivity index (χ3n) is 3.16. The molecule has 0 radical (unpaired) electrons. The predicted molar refractivity (Wildman–Crippen MR) is 70.0 cm³/mol. The number of nitrogens with zero attached hydrogens (tertiary/aromatic N) is 1. The minimum absolute atomic E-state index is 0. The average molecular weight is 268 g/mol. The van der Waals surface area contributed by atoms with Crippen LogP contribution in [0.3, 0.4) is 0 Å². The molecule has 0 unspecified atom stereocenters. The summed E-state index contributed by atoms with van der Waals surface area (Å²) in [6.07, 6.45) is 4.49. The Hall–Kier alpha value is -1.06. The van der Waals surface area contributed by atoms with Crippen molar-refractivity contribution in [1.29, 1.82) is 0 Å². The van der Waals surface area contributed by atoms with E-state index >= 15 is 0 Å². The lowest BCUT2D eigenvalue weighted by Crippen LogP contribution is -3.00. The molecule has 18 heavy (non-hydrogen) atoms. The maximum Gasteiger partial charge on any atom is 0.225 e. The zero-order valence-corrected chi connectivity index (χ0v) is 11.3. The van der Waals surface area contributed by atoms with Crippen molar-refractivity contribution in [3.63, 3.8) is 0 Å². The van der Waals surface area contributed by atoms with Crippen molar-refractivity contribution in [3.05, 3.63) is 30.3 Å². The van der Waals surface area contributed by atoms with Gasteiger partial charge in [0.25, 0.3) is 0 Å². The summed E-state index contributed by atoms with van der Waals surface area (Å²) in [7, 11) is 0. The molecule has 100 valence electrons. The summed E-state index contributed by atoms with van der Waals surface area (Å²) in [5, 5.41) is 2.92. The van der Waals surface area contributed by atoms with Crippen LogP contribution >= 0.6 is 0 Å². The minimum Gasteiger partial charge on any atom is -1.00 e. The largest absolute Gasteiger partial charge is 1.00 e. The summed E-state index contributed by atoms with van der Waals surface area (Å²) < 4.78 is 0. The van der Waals surface area contributed by atoms with Gasteiger partial charge in [0.1, 0.15) is 0 Å². The van der Waals surface area contributed by atoms with Crippen molar-refractivity contribution in [2.45, 2.75) is 25.7 Å². The summed E-state index contributed by atoms with van der Waals surface area (Å²) in [6.45, 7) is 3.19. The highest BCUT2D eigenvalue weighted by Gasteiger charge is 2.11. The van der Waals surface area contributed by atoms with Gasteiger partial charge in [-0.3, -0.25) is 4.79 Å². The van der Waals surface area contributed by atoms with E-state index in [9.17, 15) is 4.79 Å². The Morgan fingerprint density at radius 3 is 2.44 bits per heavy atom. The maximum atomic E-state index is 11.7. The Bertz CT molecular complexity index is 350. The van der Waals surface area contributed by atoms with E-state index in [1.54, 1.807) is 0 Å². The second-order valence-corrected chi connectivity index (χ2v) is 4.57. The van der Waals surface area contributed by atoms with Crippen LogP contribution in [0.4, 0.5) is 5.69 Å². The number of nitrogens with one attached hydrogen (secondary N) is 1. The third kappa shape index (κ3) is 5.07. The smallest absolute Gasteiger partial charge is 0.225 e. The van der Waals surface area contributed by atoms with E-state index in [0.717, 1.165) is 25.3 Å². The molecule has 0 spiro atoms. The average Bonchev–Trinajstić information content (AvgIpc) is 2.39. The number of rotatable bonds is 4. The van der Waals surface area contributed by atoms with Crippen LogP contribution in [0.25, 0.3) is 0 Å².